The van der Waals surface area contributed by atoms with Crippen molar-refractivity contribution in [3.8, 4) is 0 Å². The molecule has 0 saturated carbocycles. The zero-order chi connectivity index (χ0) is 25.9. The number of hydrogen-bond acceptors (Lipinski definition) is 3. The summed E-state index contributed by atoms with van der Waals surface area (Å²) in [6, 6.07) is 10.9. The molecule has 4 atom stereocenters. The van der Waals surface area contributed by atoms with Crippen LogP contribution in [0.2, 0.25) is 0 Å². The van der Waals surface area contributed by atoms with E-state index in [4.69, 9.17) is 0 Å². The molecule has 2 aromatic rings. The molecule has 0 spiro atoms. The molecule has 0 radical (unpaired) electrons. The first kappa shape index (κ1) is 25.9. The minimum Gasteiger partial charge on any atom is -0.394 e. The molecule has 4 unspecified atom stereocenters. The Morgan fingerprint density at radius 1 is 1.17 bits per heavy atom. The van der Waals surface area contributed by atoms with Gasteiger partial charge in [-0.1, -0.05) is 36.4 Å². The summed E-state index contributed by atoms with van der Waals surface area (Å²) in [5, 5.41) is 25.8. The Morgan fingerprint density at radius 2 is 1.92 bits per heavy atom. The SMILES string of the molecule is C/C=C(\C=C/NC)C1Cc2cccc(c2C)C(c2cc[n+](C)cc2)C=CCC2=CC(O)C=C1C2(C)O. The van der Waals surface area contributed by atoms with E-state index >= 15 is 0 Å². The zero-order valence-corrected chi connectivity index (χ0v) is 22.1. The van der Waals surface area contributed by atoms with E-state index in [2.05, 4.69) is 79.3 Å². The largest absolute Gasteiger partial charge is 0.394 e. The number of hydrogen-bond donors (Lipinski definition) is 3. The Morgan fingerprint density at radius 3 is 2.61 bits per heavy atom. The highest BCUT2D eigenvalue weighted by Crippen LogP contribution is 2.42. The molecule has 1 aromatic heterocycles. The van der Waals surface area contributed by atoms with Gasteiger partial charge in [-0.05, 0) is 97.0 Å². The van der Waals surface area contributed by atoms with Crippen molar-refractivity contribution in [2.24, 2.45) is 13.0 Å². The Bertz CT molecular complexity index is 1250. The van der Waals surface area contributed by atoms with E-state index in [9.17, 15) is 10.2 Å². The van der Waals surface area contributed by atoms with Gasteiger partial charge in [0.25, 0.3) is 0 Å². The minimum atomic E-state index is -1.16. The fourth-order valence-electron chi connectivity index (χ4n) is 5.60. The van der Waals surface area contributed by atoms with Crippen molar-refractivity contribution in [2.75, 3.05) is 7.05 Å². The second-order valence-electron chi connectivity index (χ2n) is 10.1. The van der Waals surface area contributed by atoms with Crippen LogP contribution in [0.5, 0.6) is 0 Å². The maximum Gasteiger partial charge on any atom is 0.168 e. The lowest BCUT2D eigenvalue weighted by Crippen LogP contribution is -2.38. The number of fused-ring (bicyclic) bond motifs is 4. The zero-order valence-electron chi connectivity index (χ0n) is 22.1. The van der Waals surface area contributed by atoms with Gasteiger partial charge in [0.1, 0.15) is 12.6 Å². The molecule has 36 heavy (non-hydrogen) atoms. The Kier molecular flexibility index (Phi) is 7.77. The van der Waals surface area contributed by atoms with Gasteiger partial charge < -0.3 is 15.5 Å². The van der Waals surface area contributed by atoms with E-state index in [1.807, 2.05) is 44.8 Å². The first-order valence-electron chi connectivity index (χ1n) is 12.8. The van der Waals surface area contributed by atoms with E-state index in [1.54, 1.807) is 6.08 Å². The maximum absolute atomic E-state index is 11.9. The van der Waals surface area contributed by atoms with Gasteiger partial charge in [-0.15, -0.1) is 0 Å². The molecule has 188 valence electrons. The summed E-state index contributed by atoms with van der Waals surface area (Å²) in [6.07, 6.45) is 18.9. The summed E-state index contributed by atoms with van der Waals surface area (Å²) in [7, 11) is 3.91. The number of nitrogens with one attached hydrogen (secondary N) is 1. The molecule has 0 amide bonds. The highest BCUT2D eigenvalue weighted by atomic mass is 16.3. The van der Waals surface area contributed by atoms with Crippen LogP contribution in [-0.2, 0) is 13.5 Å². The fraction of sp³-hybridized carbons (Fsp3) is 0.344. The lowest BCUT2D eigenvalue weighted by atomic mass is 9.70. The van der Waals surface area contributed by atoms with Gasteiger partial charge in [0.05, 0.1) is 6.10 Å². The molecule has 0 saturated heterocycles. The second-order valence-corrected chi connectivity index (χ2v) is 10.1. The van der Waals surface area contributed by atoms with E-state index in [-0.39, 0.29) is 11.8 Å². The Balaban J connectivity index is 1.93. The number of pyridine rings is 1. The molecule has 4 rings (SSSR count). The van der Waals surface area contributed by atoms with Gasteiger partial charge in [-0.25, -0.2) is 4.57 Å². The van der Waals surface area contributed by atoms with Crippen molar-refractivity contribution in [1.29, 1.82) is 0 Å². The number of aryl methyl sites for hydroxylation is 1. The third-order valence-electron chi connectivity index (χ3n) is 7.74. The number of aliphatic hydroxyl groups excluding tert-OH is 1. The van der Waals surface area contributed by atoms with Crippen molar-refractivity contribution in [3.63, 3.8) is 0 Å². The lowest BCUT2D eigenvalue weighted by Gasteiger charge is -2.39. The van der Waals surface area contributed by atoms with Crippen LogP contribution in [0, 0.1) is 12.8 Å². The molecule has 1 heterocycles. The average Bonchev–Trinajstić information content (AvgIpc) is 2.85. The van der Waals surface area contributed by atoms with Crippen molar-refractivity contribution in [2.45, 2.75) is 51.2 Å². The summed E-state index contributed by atoms with van der Waals surface area (Å²) in [5.41, 5.74) is 6.68. The number of aliphatic hydroxyl groups is 2. The molecular formula is C32H39N2O2+. The Hall–Kier alpha value is -3.21. The highest BCUT2D eigenvalue weighted by molar-refractivity contribution is 5.49. The van der Waals surface area contributed by atoms with Gasteiger partial charge in [0.15, 0.2) is 12.4 Å². The third-order valence-corrected chi connectivity index (χ3v) is 7.74. The van der Waals surface area contributed by atoms with Crippen LogP contribution in [0.15, 0.2) is 102 Å². The van der Waals surface area contributed by atoms with Crippen LogP contribution in [0.25, 0.3) is 0 Å². The molecule has 4 bridgehead atoms. The first-order chi connectivity index (χ1) is 17.3. The predicted octanol–water partition coefficient (Wildman–Crippen LogP) is 4.73. The molecule has 0 aliphatic heterocycles. The standard InChI is InChI=1S/C32H39N2O2/c1-6-23(13-16-33-4)30-19-25-9-7-11-28(22(25)2)29(24-14-17-34(5)18-15-24)12-8-10-26-20-27(35)21-31(30)32(26,3)36/h6-9,11-18,20-21,27,29-30,33,35-36H,10,19H2,1-5H3/q+1/b12-8?,16-13-,23-6+. The molecule has 0 fully saturated rings. The van der Waals surface area contributed by atoms with E-state index in [1.165, 1.54) is 22.3 Å². The smallest absolute Gasteiger partial charge is 0.168 e. The van der Waals surface area contributed by atoms with Gasteiger partial charge in [-0.2, -0.15) is 0 Å². The summed E-state index contributed by atoms with van der Waals surface area (Å²) >= 11 is 0. The number of aromatic nitrogens is 1. The number of benzene rings is 1. The van der Waals surface area contributed by atoms with Crippen molar-refractivity contribution < 1.29 is 14.8 Å². The molecule has 2 aliphatic carbocycles. The molecule has 3 N–H and O–H groups in total. The van der Waals surface area contributed by atoms with Crippen LogP contribution >= 0.6 is 0 Å². The minimum absolute atomic E-state index is 0.0838. The van der Waals surface area contributed by atoms with Crippen LogP contribution in [0.3, 0.4) is 0 Å². The van der Waals surface area contributed by atoms with Crippen LogP contribution < -0.4 is 9.88 Å². The molecular weight excluding hydrogens is 444 g/mol. The Labute approximate surface area is 215 Å². The number of rotatable bonds is 4. The monoisotopic (exact) mass is 483 g/mol. The second kappa shape index (κ2) is 10.8. The molecule has 2 aliphatic rings. The van der Waals surface area contributed by atoms with E-state index in [0.717, 1.165) is 23.1 Å². The van der Waals surface area contributed by atoms with Crippen LogP contribution in [0.1, 0.15) is 48.4 Å². The maximum atomic E-state index is 11.9. The lowest BCUT2D eigenvalue weighted by molar-refractivity contribution is -0.671. The predicted molar refractivity (Wildman–Crippen MR) is 146 cm³/mol. The average molecular weight is 484 g/mol. The van der Waals surface area contributed by atoms with Gasteiger partial charge >= 0.3 is 0 Å². The molecule has 1 aromatic carbocycles. The summed E-state index contributed by atoms with van der Waals surface area (Å²) in [4.78, 5) is 0. The third kappa shape index (κ3) is 5.16. The normalized spacial score (nSPS) is 26.6. The molecule has 4 nitrogen and oxygen atoms in total. The van der Waals surface area contributed by atoms with Crippen LogP contribution in [0.4, 0.5) is 0 Å². The summed E-state index contributed by atoms with van der Waals surface area (Å²) < 4.78 is 2.05. The van der Waals surface area contributed by atoms with Crippen molar-refractivity contribution in [1.82, 2.24) is 5.32 Å². The topological polar surface area (TPSA) is 56.4 Å². The fourth-order valence-corrected chi connectivity index (χ4v) is 5.60. The highest BCUT2D eigenvalue weighted by Gasteiger charge is 2.39. The number of allylic oxidation sites excluding steroid dienone is 5. The summed E-state index contributed by atoms with van der Waals surface area (Å²) in [6.45, 7) is 6.12. The van der Waals surface area contributed by atoms with Crippen molar-refractivity contribution >= 4 is 0 Å². The van der Waals surface area contributed by atoms with Gasteiger partial charge in [0, 0.05) is 31.0 Å². The van der Waals surface area contributed by atoms with E-state index < -0.39 is 11.7 Å². The number of nitrogens with zero attached hydrogens (tertiary/aromatic N) is 1. The quantitative estimate of drug-likeness (QED) is 0.335. The van der Waals surface area contributed by atoms with Crippen LogP contribution in [-0.4, -0.2) is 29.0 Å². The van der Waals surface area contributed by atoms with Gasteiger partial charge in [0.2, 0.25) is 0 Å². The van der Waals surface area contributed by atoms with Gasteiger partial charge in [-0.3, -0.25) is 0 Å². The first-order valence-corrected chi connectivity index (χ1v) is 12.8. The van der Waals surface area contributed by atoms with Crippen molar-refractivity contribution in [3.05, 3.63) is 124 Å². The summed E-state index contributed by atoms with van der Waals surface area (Å²) in [5.74, 6) is 0.0167. The molecule has 4 heteroatoms. The van der Waals surface area contributed by atoms with E-state index in [0.29, 0.717) is 6.42 Å².